The van der Waals surface area contributed by atoms with E-state index in [4.69, 9.17) is 5.11 Å². The molecule has 2 N–H and O–H groups in total. The molecule has 0 aromatic rings. The maximum absolute atomic E-state index is 12.2. The number of aliphatic carboxylic acids is 1. The van der Waals surface area contributed by atoms with Crippen molar-refractivity contribution in [1.82, 2.24) is 4.31 Å². The Morgan fingerprint density at radius 2 is 1.94 bits per heavy atom. The van der Waals surface area contributed by atoms with Crippen LogP contribution in [0.15, 0.2) is 0 Å². The lowest BCUT2D eigenvalue weighted by molar-refractivity contribution is -0.141. The molecule has 98 valence electrons. The lowest BCUT2D eigenvalue weighted by atomic mass is 10.1. The van der Waals surface area contributed by atoms with E-state index < -0.39 is 33.3 Å². The Balaban J connectivity index is 2.17. The zero-order valence-corrected chi connectivity index (χ0v) is 10.3. The second-order valence-electron chi connectivity index (χ2n) is 4.76. The second-order valence-corrected chi connectivity index (χ2v) is 6.91. The van der Waals surface area contributed by atoms with E-state index in [-0.39, 0.29) is 6.54 Å². The van der Waals surface area contributed by atoms with E-state index in [2.05, 4.69) is 0 Å². The number of nitrogens with zero attached hydrogens (tertiary/aromatic N) is 1. The average molecular weight is 263 g/mol. The van der Waals surface area contributed by atoms with E-state index in [0.717, 1.165) is 0 Å². The summed E-state index contributed by atoms with van der Waals surface area (Å²) < 4.78 is 25.7. The van der Waals surface area contributed by atoms with Gasteiger partial charge in [0.2, 0.25) is 10.0 Å². The number of hydrogen-bond acceptors (Lipinski definition) is 4. The van der Waals surface area contributed by atoms with Gasteiger partial charge in [0.1, 0.15) is 0 Å². The molecule has 2 aliphatic rings. The molecule has 0 bridgehead atoms. The van der Waals surface area contributed by atoms with Gasteiger partial charge in [-0.25, -0.2) is 8.42 Å². The molecule has 7 heteroatoms. The highest BCUT2D eigenvalue weighted by atomic mass is 32.2. The lowest BCUT2D eigenvalue weighted by Gasteiger charge is -2.23. The minimum atomic E-state index is -3.57. The molecular weight excluding hydrogens is 246 g/mol. The third kappa shape index (κ3) is 2.31. The number of aliphatic hydroxyl groups is 1. The Morgan fingerprint density at radius 1 is 1.24 bits per heavy atom. The first-order chi connectivity index (χ1) is 7.93. The van der Waals surface area contributed by atoms with Gasteiger partial charge in [0.15, 0.2) is 0 Å². The summed E-state index contributed by atoms with van der Waals surface area (Å²) in [7, 11) is -3.57. The SMILES string of the molecule is O=C(O)C1CCCC1S(=O)(=O)N1CCC(O)C1. The highest BCUT2D eigenvalue weighted by Crippen LogP contribution is 2.34. The zero-order valence-electron chi connectivity index (χ0n) is 9.45. The first kappa shape index (κ1) is 12.8. The largest absolute Gasteiger partial charge is 0.481 e. The van der Waals surface area contributed by atoms with Crippen molar-refractivity contribution in [2.45, 2.75) is 37.0 Å². The molecular formula is C10H17NO5S. The van der Waals surface area contributed by atoms with Crippen molar-refractivity contribution >= 4 is 16.0 Å². The summed E-state index contributed by atoms with van der Waals surface area (Å²) in [4.78, 5) is 11.0. The maximum atomic E-state index is 12.2. The van der Waals surface area contributed by atoms with Crippen molar-refractivity contribution in [1.29, 1.82) is 0 Å². The van der Waals surface area contributed by atoms with Crippen molar-refractivity contribution in [3.63, 3.8) is 0 Å². The summed E-state index contributed by atoms with van der Waals surface area (Å²) >= 11 is 0. The quantitative estimate of drug-likeness (QED) is 0.725. The van der Waals surface area contributed by atoms with Gasteiger partial charge in [0.05, 0.1) is 17.3 Å². The number of carboxylic acid groups (broad SMARTS) is 1. The van der Waals surface area contributed by atoms with Crippen LogP contribution < -0.4 is 0 Å². The molecule has 0 spiro atoms. The number of carbonyl (C=O) groups is 1. The van der Waals surface area contributed by atoms with Crippen LogP contribution in [-0.4, -0.2) is 53.3 Å². The summed E-state index contributed by atoms with van der Waals surface area (Å²) in [5, 5.41) is 17.6. The fourth-order valence-corrected chi connectivity index (χ4v) is 4.95. The van der Waals surface area contributed by atoms with Crippen LogP contribution in [0.1, 0.15) is 25.7 Å². The van der Waals surface area contributed by atoms with E-state index in [1.54, 1.807) is 0 Å². The fraction of sp³-hybridized carbons (Fsp3) is 0.900. The Kier molecular flexibility index (Phi) is 3.42. The van der Waals surface area contributed by atoms with E-state index in [1.807, 2.05) is 0 Å². The second kappa shape index (κ2) is 4.55. The number of sulfonamides is 1. The van der Waals surface area contributed by atoms with Crippen LogP contribution in [0.2, 0.25) is 0 Å². The third-order valence-corrected chi connectivity index (χ3v) is 6.02. The number of rotatable bonds is 3. The van der Waals surface area contributed by atoms with Crippen LogP contribution >= 0.6 is 0 Å². The maximum Gasteiger partial charge on any atom is 0.307 e. The topological polar surface area (TPSA) is 94.9 Å². The predicted octanol–water partition coefficient (Wildman–Crippen LogP) is -0.364. The Hall–Kier alpha value is -0.660. The molecule has 17 heavy (non-hydrogen) atoms. The van der Waals surface area contributed by atoms with Gasteiger partial charge in [-0.3, -0.25) is 4.79 Å². The van der Waals surface area contributed by atoms with Gasteiger partial charge in [-0.05, 0) is 19.3 Å². The Bertz CT molecular complexity index is 407. The highest BCUT2D eigenvalue weighted by molar-refractivity contribution is 7.89. The minimum absolute atomic E-state index is 0.102. The monoisotopic (exact) mass is 263 g/mol. The first-order valence-electron chi connectivity index (χ1n) is 5.82. The normalized spacial score (nSPS) is 35.2. The van der Waals surface area contributed by atoms with E-state index in [0.29, 0.717) is 32.2 Å². The summed E-state index contributed by atoms with van der Waals surface area (Å²) in [6.45, 7) is 0.400. The van der Waals surface area contributed by atoms with Crippen LogP contribution in [0.25, 0.3) is 0 Å². The van der Waals surface area contributed by atoms with E-state index in [9.17, 15) is 18.3 Å². The Labute approximate surface area is 100 Å². The van der Waals surface area contributed by atoms with Crippen molar-refractivity contribution in [2.75, 3.05) is 13.1 Å². The van der Waals surface area contributed by atoms with E-state index >= 15 is 0 Å². The molecule has 2 rings (SSSR count). The molecule has 1 saturated heterocycles. The van der Waals surface area contributed by atoms with Crippen LogP contribution in [0, 0.1) is 5.92 Å². The standard InChI is InChI=1S/C10H17NO5S/c12-7-4-5-11(6-7)17(15,16)9-3-1-2-8(9)10(13)14/h7-9,12H,1-6H2,(H,13,14). The summed E-state index contributed by atoms with van der Waals surface area (Å²) in [5.74, 6) is -1.83. The molecule has 2 fully saturated rings. The van der Waals surface area contributed by atoms with Crippen molar-refractivity contribution in [3.8, 4) is 0 Å². The van der Waals surface area contributed by atoms with Crippen molar-refractivity contribution in [3.05, 3.63) is 0 Å². The zero-order chi connectivity index (χ0) is 12.6. The molecule has 0 aromatic carbocycles. The number of aliphatic hydroxyl groups excluding tert-OH is 1. The summed E-state index contributed by atoms with van der Waals surface area (Å²) in [5.41, 5.74) is 0. The minimum Gasteiger partial charge on any atom is -0.481 e. The van der Waals surface area contributed by atoms with Gasteiger partial charge in [-0.15, -0.1) is 0 Å². The number of carboxylic acids is 1. The van der Waals surface area contributed by atoms with Gasteiger partial charge in [-0.1, -0.05) is 6.42 Å². The molecule has 1 aliphatic carbocycles. The molecule has 0 radical (unpaired) electrons. The molecule has 6 nitrogen and oxygen atoms in total. The van der Waals surface area contributed by atoms with Crippen LogP contribution in [-0.2, 0) is 14.8 Å². The smallest absolute Gasteiger partial charge is 0.307 e. The summed E-state index contributed by atoms with van der Waals surface area (Å²) in [6.07, 6.45) is 1.29. The molecule has 1 aliphatic heterocycles. The molecule has 0 amide bonds. The van der Waals surface area contributed by atoms with Crippen LogP contribution in [0.5, 0.6) is 0 Å². The molecule has 3 atom stereocenters. The van der Waals surface area contributed by atoms with Gasteiger partial charge in [-0.2, -0.15) is 4.31 Å². The van der Waals surface area contributed by atoms with Crippen LogP contribution in [0.3, 0.4) is 0 Å². The first-order valence-corrected chi connectivity index (χ1v) is 7.33. The van der Waals surface area contributed by atoms with Gasteiger partial charge in [0.25, 0.3) is 0 Å². The van der Waals surface area contributed by atoms with Crippen LogP contribution in [0.4, 0.5) is 0 Å². The highest BCUT2D eigenvalue weighted by Gasteiger charge is 2.45. The average Bonchev–Trinajstić information content (AvgIpc) is 2.84. The van der Waals surface area contributed by atoms with Gasteiger partial charge in [0, 0.05) is 13.1 Å². The molecule has 1 heterocycles. The predicted molar refractivity (Wildman–Crippen MR) is 59.9 cm³/mol. The molecule has 3 unspecified atom stereocenters. The van der Waals surface area contributed by atoms with Gasteiger partial charge >= 0.3 is 5.97 Å². The van der Waals surface area contributed by atoms with Crippen molar-refractivity contribution < 1.29 is 23.4 Å². The number of β-amino-alcohol motifs (C(OH)–C–C–N with tert-alkyl or cyclic N) is 1. The Morgan fingerprint density at radius 3 is 2.47 bits per heavy atom. The third-order valence-electron chi connectivity index (χ3n) is 3.64. The number of hydrogen-bond donors (Lipinski definition) is 2. The van der Waals surface area contributed by atoms with Crippen molar-refractivity contribution in [2.24, 2.45) is 5.92 Å². The summed E-state index contributed by atoms with van der Waals surface area (Å²) in [6, 6.07) is 0. The fourth-order valence-electron chi connectivity index (χ4n) is 2.70. The van der Waals surface area contributed by atoms with E-state index in [1.165, 1.54) is 4.31 Å². The van der Waals surface area contributed by atoms with Gasteiger partial charge < -0.3 is 10.2 Å². The molecule has 1 saturated carbocycles. The lowest BCUT2D eigenvalue weighted by Crippen LogP contribution is -2.41. The molecule has 0 aromatic heterocycles.